The molecule has 22 heavy (non-hydrogen) atoms. The molecule has 0 aromatic carbocycles. The van der Waals surface area contributed by atoms with Crippen molar-refractivity contribution < 1.29 is 4.79 Å². The second-order valence-electron chi connectivity index (χ2n) is 8.34. The van der Waals surface area contributed by atoms with E-state index in [1.807, 2.05) is 5.54 Å². The van der Waals surface area contributed by atoms with E-state index < -0.39 is 0 Å². The summed E-state index contributed by atoms with van der Waals surface area (Å²) in [6.45, 7) is 4.82. The second kappa shape index (κ2) is 4.87. The molecule has 3 saturated carbocycles. The fourth-order valence-corrected chi connectivity index (χ4v) is 6.72. The molecule has 4 aliphatic rings. The van der Waals surface area contributed by atoms with Gasteiger partial charge in [0.05, 0.1) is 0 Å². The molecule has 0 unspecified atom stereocenters. The maximum Gasteiger partial charge on any atom is 0.243 e. The van der Waals surface area contributed by atoms with Crippen molar-refractivity contribution in [2.45, 2.75) is 58.4 Å². The monoisotopic (exact) mass is 319 g/mol. The summed E-state index contributed by atoms with van der Waals surface area (Å²) < 4.78 is 0. The van der Waals surface area contributed by atoms with Crippen LogP contribution in [-0.2, 0) is 4.79 Å². The van der Waals surface area contributed by atoms with Crippen LogP contribution in [-0.4, -0.2) is 11.9 Å². The van der Waals surface area contributed by atoms with Gasteiger partial charge in [0.1, 0.15) is 0 Å². The molecule has 120 valence electrons. The van der Waals surface area contributed by atoms with E-state index >= 15 is 0 Å². The van der Waals surface area contributed by atoms with Crippen LogP contribution in [0.2, 0.25) is 0 Å². The lowest BCUT2D eigenvalue weighted by molar-refractivity contribution is -0.121. The molecule has 1 aliphatic heterocycles. The van der Waals surface area contributed by atoms with E-state index in [-0.39, 0.29) is 11.3 Å². The normalized spacial score (nSPS) is 52.0. The molecular formula is C19H26ClNO. The largest absolute Gasteiger partial charge is 0.349 e. The molecule has 0 saturated heterocycles. The first kappa shape index (κ1) is 14.8. The number of nitrogens with one attached hydrogen (secondary N) is 1. The van der Waals surface area contributed by atoms with Gasteiger partial charge in [-0.2, -0.15) is 0 Å². The Labute approximate surface area is 138 Å². The third kappa shape index (κ3) is 1.82. The molecule has 4 rings (SSSR count). The summed E-state index contributed by atoms with van der Waals surface area (Å²) in [5.74, 6) is 2.36. The average Bonchev–Trinajstić information content (AvgIpc) is 2.84. The van der Waals surface area contributed by atoms with Crippen molar-refractivity contribution in [3.05, 3.63) is 23.3 Å². The van der Waals surface area contributed by atoms with Crippen LogP contribution in [0.3, 0.4) is 0 Å². The van der Waals surface area contributed by atoms with Gasteiger partial charge in [-0.1, -0.05) is 37.1 Å². The predicted octanol–water partition coefficient (Wildman–Crippen LogP) is 4.41. The minimum atomic E-state index is 0.0924. The number of rotatable bonds is 0. The van der Waals surface area contributed by atoms with Crippen LogP contribution < -0.4 is 5.32 Å². The van der Waals surface area contributed by atoms with Gasteiger partial charge in [-0.3, -0.25) is 4.79 Å². The van der Waals surface area contributed by atoms with Crippen molar-refractivity contribution in [1.29, 1.82) is 0 Å². The number of hydrogen-bond donors (Lipinski definition) is 1. The molecule has 0 aromatic rings. The Kier molecular flexibility index (Phi) is 3.28. The molecule has 6 atom stereocenters. The quantitative estimate of drug-likeness (QED) is 0.704. The number of hydrogen-bond acceptors (Lipinski definition) is 1. The van der Waals surface area contributed by atoms with Crippen molar-refractivity contribution in [3.63, 3.8) is 0 Å². The summed E-state index contributed by atoms with van der Waals surface area (Å²) in [7, 11) is 0. The standard InChI is InChI=1S/C19H26ClNO/c1-18-9-7-15-13(14(18)5-3-12(18)11-20)4-6-16-19(15,2)10-8-17(22)21-16/h8,10-11,13-16H,3-7,9H2,1-2H3,(H,21,22)/b12-11+/t13-,14-,15-,16+,18+,19+/m0/s1. The zero-order valence-electron chi connectivity index (χ0n) is 13.6. The Balaban J connectivity index is 1.69. The Bertz CT molecular complexity index is 568. The van der Waals surface area contributed by atoms with Gasteiger partial charge >= 0.3 is 0 Å². The molecule has 0 aromatic heterocycles. The van der Waals surface area contributed by atoms with Crippen molar-refractivity contribution in [3.8, 4) is 0 Å². The number of carbonyl (C=O) groups excluding carboxylic acids is 1. The highest BCUT2D eigenvalue weighted by atomic mass is 35.5. The minimum Gasteiger partial charge on any atom is -0.349 e. The lowest BCUT2D eigenvalue weighted by atomic mass is 9.48. The number of halogens is 1. The molecule has 3 heteroatoms. The summed E-state index contributed by atoms with van der Waals surface area (Å²) in [4.78, 5) is 11.7. The molecule has 3 fully saturated rings. The molecular weight excluding hydrogens is 294 g/mol. The van der Waals surface area contributed by atoms with E-state index in [2.05, 4.69) is 25.2 Å². The maximum absolute atomic E-state index is 11.7. The minimum absolute atomic E-state index is 0.0924. The molecule has 1 heterocycles. The third-order valence-electron chi connectivity index (χ3n) is 7.67. The molecule has 3 aliphatic carbocycles. The number of carbonyl (C=O) groups is 1. The van der Waals surface area contributed by atoms with E-state index in [1.165, 1.54) is 37.7 Å². The Morgan fingerprint density at radius 2 is 2.05 bits per heavy atom. The third-order valence-corrected chi connectivity index (χ3v) is 7.93. The zero-order valence-corrected chi connectivity index (χ0v) is 14.3. The van der Waals surface area contributed by atoms with E-state index in [0.29, 0.717) is 17.4 Å². The van der Waals surface area contributed by atoms with E-state index in [4.69, 9.17) is 11.6 Å². The summed E-state index contributed by atoms with van der Waals surface area (Å²) in [5, 5.41) is 3.22. The molecule has 0 radical (unpaired) electrons. The number of fused-ring (bicyclic) bond motifs is 5. The number of allylic oxidation sites excluding steroid dienone is 1. The summed E-state index contributed by atoms with van der Waals surface area (Å²) in [5.41, 5.74) is 3.82. The number of amides is 1. The van der Waals surface area contributed by atoms with Crippen LogP contribution in [0.4, 0.5) is 0 Å². The van der Waals surface area contributed by atoms with E-state index in [0.717, 1.165) is 18.3 Å². The summed E-state index contributed by atoms with van der Waals surface area (Å²) >= 11 is 6.13. The highest BCUT2D eigenvalue weighted by Gasteiger charge is 2.58. The lowest BCUT2D eigenvalue weighted by Crippen LogP contribution is -2.59. The van der Waals surface area contributed by atoms with Crippen LogP contribution in [0.1, 0.15) is 52.4 Å². The van der Waals surface area contributed by atoms with Gasteiger partial charge in [-0.15, -0.1) is 0 Å². The Hall–Kier alpha value is -0.760. The van der Waals surface area contributed by atoms with Crippen molar-refractivity contribution >= 4 is 17.5 Å². The molecule has 2 nitrogen and oxygen atoms in total. The fourth-order valence-electron chi connectivity index (χ4n) is 6.36. The fraction of sp³-hybridized carbons (Fsp3) is 0.737. The molecule has 1 amide bonds. The highest BCUT2D eigenvalue weighted by Crippen LogP contribution is 2.64. The SMILES string of the molecule is C[C@]12C=CC(=O)N[C@@H]1CC[C@@H]1[C@@H]2CC[C@]2(C)/C(=C/Cl)CC[C@@H]12. The summed E-state index contributed by atoms with van der Waals surface area (Å²) in [6.07, 6.45) is 11.4. The second-order valence-corrected chi connectivity index (χ2v) is 8.56. The van der Waals surface area contributed by atoms with Gasteiger partial charge in [0.2, 0.25) is 5.91 Å². The zero-order chi connectivity index (χ0) is 15.5. The highest BCUT2D eigenvalue weighted by molar-refractivity contribution is 6.25. The maximum atomic E-state index is 11.7. The lowest BCUT2D eigenvalue weighted by Gasteiger charge is -2.58. The average molecular weight is 320 g/mol. The molecule has 0 spiro atoms. The first-order valence-corrected chi connectivity index (χ1v) is 9.22. The molecule has 0 bridgehead atoms. The Morgan fingerprint density at radius 1 is 1.23 bits per heavy atom. The smallest absolute Gasteiger partial charge is 0.243 e. The van der Waals surface area contributed by atoms with Crippen LogP contribution >= 0.6 is 11.6 Å². The topological polar surface area (TPSA) is 29.1 Å². The Morgan fingerprint density at radius 3 is 2.82 bits per heavy atom. The van der Waals surface area contributed by atoms with Gasteiger partial charge < -0.3 is 5.32 Å². The summed E-state index contributed by atoms with van der Waals surface area (Å²) in [6, 6.07) is 0.333. The van der Waals surface area contributed by atoms with Crippen LogP contribution in [0.15, 0.2) is 23.3 Å². The van der Waals surface area contributed by atoms with Crippen LogP contribution in [0.25, 0.3) is 0 Å². The van der Waals surface area contributed by atoms with Crippen molar-refractivity contribution in [2.75, 3.05) is 0 Å². The van der Waals surface area contributed by atoms with E-state index in [1.54, 1.807) is 6.08 Å². The van der Waals surface area contributed by atoms with Gasteiger partial charge in [0.25, 0.3) is 0 Å². The van der Waals surface area contributed by atoms with Crippen LogP contribution in [0.5, 0.6) is 0 Å². The van der Waals surface area contributed by atoms with Crippen LogP contribution in [0, 0.1) is 28.6 Å². The van der Waals surface area contributed by atoms with Crippen molar-refractivity contribution in [2.24, 2.45) is 28.6 Å². The molecule has 1 N–H and O–H groups in total. The van der Waals surface area contributed by atoms with E-state index in [9.17, 15) is 4.79 Å². The van der Waals surface area contributed by atoms with Gasteiger partial charge in [-0.05, 0) is 67.8 Å². The first-order chi connectivity index (χ1) is 10.5. The van der Waals surface area contributed by atoms with Gasteiger partial charge in [0, 0.05) is 17.0 Å². The predicted molar refractivity (Wildman–Crippen MR) is 89.4 cm³/mol. The van der Waals surface area contributed by atoms with Crippen molar-refractivity contribution in [1.82, 2.24) is 5.32 Å². The van der Waals surface area contributed by atoms with Gasteiger partial charge in [0.15, 0.2) is 0 Å². The first-order valence-electron chi connectivity index (χ1n) is 8.78. The van der Waals surface area contributed by atoms with Gasteiger partial charge in [-0.25, -0.2) is 0 Å².